The first-order chi connectivity index (χ1) is 8.31. The van der Waals surface area contributed by atoms with Crippen molar-refractivity contribution in [1.29, 1.82) is 0 Å². The van der Waals surface area contributed by atoms with E-state index >= 15 is 0 Å². The van der Waals surface area contributed by atoms with Gasteiger partial charge in [0.05, 0.1) is 13.2 Å². The average molecular weight is 255 g/mol. The molecule has 1 unspecified atom stereocenters. The van der Waals surface area contributed by atoms with Gasteiger partial charge in [-0.15, -0.1) is 0 Å². The summed E-state index contributed by atoms with van der Waals surface area (Å²) in [7, 11) is 1.99. The van der Waals surface area contributed by atoms with Gasteiger partial charge in [0.2, 0.25) is 0 Å². The van der Waals surface area contributed by atoms with E-state index in [0.29, 0.717) is 6.04 Å². The summed E-state index contributed by atoms with van der Waals surface area (Å²) >= 11 is 5.93. The highest BCUT2D eigenvalue weighted by Gasteiger charge is 2.21. The molecule has 0 saturated carbocycles. The van der Waals surface area contributed by atoms with E-state index in [-0.39, 0.29) is 0 Å². The van der Waals surface area contributed by atoms with Gasteiger partial charge in [0.25, 0.3) is 0 Å². The first-order valence-electron chi connectivity index (χ1n) is 6.03. The number of morpholine rings is 1. The highest BCUT2D eigenvalue weighted by molar-refractivity contribution is 6.30. The van der Waals surface area contributed by atoms with Gasteiger partial charge in [0, 0.05) is 30.7 Å². The van der Waals surface area contributed by atoms with Crippen LogP contribution in [0.4, 0.5) is 0 Å². The van der Waals surface area contributed by atoms with E-state index in [4.69, 9.17) is 16.3 Å². The topological polar surface area (TPSA) is 24.5 Å². The Morgan fingerprint density at radius 1 is 1.29 bits per heavy atom. The van der Waals surface area contributed by atoms with Crippen molar-refractivity contribution in [3.8, 4) is 0 Å². The van der Waals surface area contributed by atoms with E-state index in [0.717, 1.165) is 37.9 Å². The van der Waals surface area contributed by atoms with Crippen LogP contribution in [0.1, 0.15) is 11.6 Å². The molecule has 2 rings (SSSR count). The summed E-state index contributed by atoms with van der Waals surface area (Å²) in [5, 5.41) is 4.05. The number of rotatable bonds is 4. The third-order valence-electron chi connectivity index (χ3n) is 3.14. The van der Waals surface area contributed by atoms with Crippen molar-refractivity contribution >= 4 is 11.6 Å². The van der Waals surface area contributed by atoms with E-state index in [1.165, 1.54) is 5.56 Å². The lowest BCUT2D eigenvalue weighted by molar-refractivity contribution is 0.0165. The van der Waals surface area contributed by atoms with Crippen molar-refractivity contribution in [3.05, 3.63) is 34.9 Å². The van der Waals surface area contributed by atoms with Crippen LogP contribution in [0, 0.1) is 0 Å². The molecule has 0 spiro atoms. The monoisotopic (exact) mass is 254 g/mol. The van der Waals surface area contributed by atoms with Gasteiger partial charge in [-0.05, 0) is 24.7 Å². The van der Waals surface area contributed by atoms with E-state index in [9.17, 15) is 0 Å². The second kappa shape index (κ2) is 6.36. The van der Waals surface area contributed by atoms with E-state index in [2.05, 4.69) is 22.3 Å². The highest BCUT2D eigenvalue weighted by Crippen LogP contribution is 2.22. The van der Waals surface area contributed by atoms with Gasteiger partial charge in [0.1, 0.15) is 0 Å². The van der Waals surface area contributed by atoms with Crippen molar-refractivity contribution < 1.29 is 4.74 Å². The van der Waals surface area contributed by atoms with Gasteiger partial charge in [-0.1, -0.05) is 23.7 Å². The molecule has 1 fully saturated rings. The van der Waals surface area contributed by atoms with Crippen LogP contribution in [0.25, 0.3) is 0 Å². The fourth-order valence-electron chi connectivity index (χ4n) is 2.23. The highest BCUT2D eigenvalue weighted by atomic mass is 35.5. The largest absolute Gasteiger partial charge is 0.379 e. The average Bonchev–Trinajstić information content (AvgIpc) is 2.38. The first kappa shape index (κ1) is 12.8. The van der Waals surface area contributed by atoms with E-state index in [1.807, 2.05) is 19.2 Å². The Kier molecular flexibility index (Phi) is 4.80. The van der Waals surface area contributed by atoms with Crippen LogP contribution in [0.15, 0.2) is 24.3 Å². The maximum Gasteiger partial charge on any atom is 0.0594 e. The molecule has 0 aliphatic carbocycles. The standard InChI is InChI=1S/C13H19ClN2O/c1-15-10-13(16-6-8-17-9-7-16)11-2-4-12(14)5-3-11/h2-5,13,15H,6-10H2,1H3. The van der Waals surface area contributed by atoms with Crippen molar-refractivity contribution in [2.45, 2.75) is 6.04 Å². The number of benzene rings is 1. The Hall–Kier alpha value is -0.610. The minimum Gasteiger partial charge on any atom is -0.379 e. The number of nitrogens with zero attached hydrogens (tertiary/aromatic N) is 1. The lowest BCUT2D eigenvalue weighted by Gasteiger charge is -2.34. The van der Waals surface area contributed by atoms with Crippen LogP contribution in [-0.4, -0.2) is 44.8 Å². The normalized spacial score (nSPS) is 19.2. The lowest BCUT2D eigenvalue weighted by Crippen LogP contribution is -2.42. The maximum absolute atomic E-state index is 5.93. The van der Waals surface area contributed by atoms with Crippen LogP contribution in [0.3, 0.4) is 0 Å². The van der Waals surface area contributed by atoms with Crippen molar-refractivity contribution in [2.75, 3.05) is 39.9 Å². The number of hydrogen-bond donors (Lipinski definition) is 1. The molecule has 0 aromatic heterocycles. The Morgan fingerprint density at radius 2 is 1.94 bits per heavy atom. The number of ether oxygens (including phenoxy) is 1. The number of halogens is 1. The molecular weight excluding hydrogens is 236 g/mol. The molecule has 1 aliphatic heterocycles. The van der Waals surface area contributed by atoms with E-state index in [1.54, 1.807) is 0 Å². The summed E-state index contributed by atoms with van der Waals surface area (Å²) in [5.41, 5.74) is 1.31. The molecule has 94 valence electrons. The molecule has 1 saturated heterocycles. The van der Waals surface area contributed by atoms with Gasteiger partial charge in [-0.3, -0.25) is 4.90 Å². The quantitative estimate of drug-likeness (QED) is 0.889. The SMILES string of the molecule is CNCC(c1ccc(Cl)cc1)N1CCOCC1. The molecule has 1 N–H and O–H groups in total. The third-order valence-corrected chi connectivity index (χ3v) is 3.39. The summed E-state index contributed by atoms with van der Waals surface area (Å²) in [5.74, 6) is 0. The molecule has 1 atom stereocenters. The minimum atomic E-state index is 0.404. The summed E-state index contributed by atoms with van der Waals surface area (Å²) < 4.78 is 5.40. The van der Waals surface area contributed by atoms with Crippen molar-refractivity contribution in [3.63, 3.8) is 0 Å². The molecule has 17 heavy (non-hydrogen) atoms. The zero-order chi connectivity index (χ0) is 12.1. The molecular formula is C13H19ClN2O. The molecule has 0 radical (unpaired) electrons. The van der Waals surface area contributed by atoms with Crippen molar-refractivity contribution in [1.82, 2.24) is 10.2 Å². The lowest BCUT2D eigenvalue weighted by atomic mass is 10.0. The summed E-state index contributed by atoms with van der Waals surface area (Å²) in [6, 6.07) is 8.54. The number of hydrogen-bond acceptors (Lipinski definition) is 3. The predicted molar refractivity (Wildman–Crippen MR) is 70.5 cm³/mol. The molecule has 0 bridgehead atoms. The Balaban J connectivity index is 2.12. The fraction of sp³-hybridized carbons (Fsp3) is 0.538. The molecule has 4 heteroatoms. The summed E-state index contributed by atoms with van der Waals surface area (Å²) in [4.78, 5) is 2.46. The van der Waals surface area contributed by atoms with Crippen LogP contribution in [0.2, 0.25) is 5.02 Å². The van der Waals surface area contributed by atoms with Gasteiger partial charge in [-0.2, -0.15) is 0 Å². The second-order valence-corrected chi connectivity index (χ2v) is 4.71. The molecule has 1 aliphatic rings. The first-order valence-corrected chi connectivity index (χ1v) is 6.41. The zero-order valence-corrected chi connectivity index (χ0v) is 10.9. The van der Waals surface area contributed by atoms with Gasteiger partial charge >= 0.3 is 0 Å². The molecule has 1 heterocycles. The molecule has 3 nitrogen and oxygen atoms in total. The molecule has 1 aromatic rings. The van der Waals surface area contributed by atoms with Crippen LogP contribution in [-0.2, 0) is 4.74 Å². The second-order valence-electron chi connectivity index (χ2n) is 4.27. The summed E-state index contributed by atoms with van der Waals surface area (Å²) in [6.45, 7) is 4.59. The van der Waals surface area contributed by atoms with Gasteiger partial charge in [0.15, 0.2) is 0 Å². The zero-order valence-electron chi connectivity index (χ0n) is 10.2. The summed E-state index contributed by atoms with van der Waals surface area (Å²) in [6.07, 6.45) is 0. The Morgan fingerprint density at radius 3 is 2.53 bits per heavy atom. The Labute approximate surface area is 108 Å². The number of nitrogens with one attached hydrogen (secondary N) is 1. The number of likely N-dealkylation sites (N-methyl/N-ethyl adjacent to an activating group) is 1. The maximum atomic E-state index is 5.93. The van der Waals surface area contributed by atoms with E-state index < -0.39 is 0 Å². The van der Waals surface area contributed by atoms with Gasteiger partial charge in [-0.25, -0.2) is 0 Å². The van der Waals surface area contributed by atoms with Crippen molar-refractivity contribution in [2.24, 2.45) is 0 Å². The van der Waals surface area contributed by atoms with Gasteiger partial charge < -0.3 is 10.1 Å². The Bertz CT molecular complexity index is 336. The molecule has 1 aromatic carbocycles. The third kappa shape index (κ3) is 3.42. The molecule has 0 amide bonds. The smallest absolute Gasteiger partial charge is 0.0594 e. The van der Waals surface area contributed by atoms with Crippen LogP contribution >= 0.6 is 11.6 Å². The minimum absolute atomic E-state index is 0.404. The van der Waals surface area contributed by atoms with Crippen LogP contribution in [0.5, 0.6) is 0 Å². The van der Waals surface area contributed by atoms with Crippen LogP contribution < -0.4 is 5.32 Å². The fourth-order valence-corrected chi connectivity index (χ4v) is 2.35. The predicted octanol–water partition coefficient (Wildman–Crippen LogP) is 1.93.